The van der Waals surface area contributed by atoms with Crippen LogP contribution in [0.3, 0.4) is 0 Å². The van der Waals surface area contributed by atoms with Gasteiger partial charge in [-0.25, -0.2) is 0 Å². The van der Waals surface area contributed by atoms with Gasteiger partial charge in [-0.05, 0) is 38.3 Å². The van der Waals surface area contributed by atoms with Gasteiger partial charge in [-0.3, -0.25) is 9.69 Å². The smallest absolute Gasteiger partial charge is 0.222 e. The Balaban J connectivity index is 1.64. The highest BCUT2D eigenvalue weighted by atomic mass is 16.2. The maximum absolute atomic E-state index is 12.2. The Hall–Kier alpha value is -0.870. The number of piperazine rings is 1. The van der Waals surface area contributed by atoms with Gasteiger partial charge in [-0.15, -0.1) is 6.58 Å². The van der Waals surface area contributed by atoms with Gasteiger partial charge in [0, 0.05) is 39.1 Å². The average molecular weight is 265 g/mol. The van der Waals surface area contributed by atoms with Gasteiger partial charge < -0.3 is 10.2 Å². The van der Waals surface area contributed by atoms with Crippen molar-refractivity contribution in [2.24, 2.45) is 5.92 Å². The third kappa shape index (κ3) is 4.62. The minimum Gasteiger partial charge on any atom is -0.340 e. The maximum Gasteiger partial charge on any atom is 0.222 e. The van der Waals surface area contributed by atoms with Crippen molar-refractivity contribution in [3.63, 3.8) is 0 Å². The predicted molar refractivity (Wildman–Crippen MR) is 78.0 cm³/mol. The SMILES string of the molecule is C=CCN1CCN(C(=O)CCC2CCCNC2)CC1. The Labute approximate surface area is 116 Å². The van der Waals surface area contributed by atoms with Gasteiger partial charge in [0.25, 0.3) is 0 Å². The van der Waals surface area contributed by atoms with Crippen LogP contribution in [0.2, 0.25) is 0 Å². The molecule has 1 N–H and O–H groups in total. The normalized spacial score (nSPS) is 25.3. The maximum atomic E-state index is 12.2. The first-order valence-electron chi connectivity index (χ1n) is 7.61. The van der Waals surface area contributed by atoms with Crippen molar-refractivity contribution < 1.29 is 4.79 Å². The van der Waals surface area contributed by atoms with Gasteiger partial charge in [-0.2, -0.15) is 0 Å². The summed E-state index contributed by atoms with van der Waals surface area (Å²) in [6.45, 7) is 10.7. The lowest BCUT2D eigenvalue weighted by Crippen LogP contribution is -2.48. The molecule has 2 heterocycles. The van der Waals surface area contributed by atoms with Crippen LogP contribution in [0.4, 0.5) is 0 Å². The summed E-state index contributed by atoms with van der Waals surface area (Å²) < 4.78 is 0. The molecule has 2 fully saturated rings. The van der Waals surface area contributed by atoms with Crippen LogP contribution in [0.15, 0.2) is 12.7 Å². The van der Waals surface area contributed by atoms with Crippen molar-refractivity contribution >= 4 is 5.91 Å². The second-order valence-electron chi connectivity index (χ2n) is 5.72. The molecule has 1 atom stereocenters. The van der Waals surface area contributed by atoms with Crippen LogP contribution in [-0.4, -0.2) is 61.5 Å². The fourth-order valence-corrected chi connectivity index (χ4v) is 3.02. The standard InChI is InChI=1S/C15H27N3O/c1-2-8-17-9-11-18(12-10-17)15(19)6-5-14-4-3-7-16-13-14/h2,14,16H,1,3-13H2. The molecule has 0 bridgehead atoms. The molecule has 2 aliphatic rings. The van der Waals surface area contributed by atoms with Crippen LogP contribution in [-0.2, 0) is 4.79 Å². The van der Waals surface area contributed by atoms with Gasteiger partial charge in [0.15, 0.2) is 0 Å². The summed E-state index contributed by atoms with van der Waals surface area (Å²) in [4.78, 5) is 16.6. The molecule has 2 rings (SSSR count). The van der Waals surface area contributed by atoms with Gasteiger partial charge in [0.2, 0.25) is 5.91 Å². The van der Waals surface area contributed by atoms with E-state index in [4.69, 9.17) is 0 Å². The zero-order valence-electron chi connectivity index (χ0n) is 11.9. The fourth-order valence-electron chi connectivity index (χ4n) is 3.02. The number of carbonyl (C=O) groups excluding carboxylic acids is 1. The molecule has 0 radical (unpaired) electrons. The number of amides is 1. The van der Waals surface area contributed by atoms with E-state index in [1.54, 1.807) is 0 Å². The Morgan fingerprint density at radius 1 is 1.32 bits per heavy atom. The first-order valence-corrected chi connectivity index (χ1v) is 7.61. The van der Waals surface area contributed by atoms with Crippen molar-refractivity contribution in [3.05, 3.63) is 12.7 Å². The Bertz CT molecular complexity index is 292. The first-order chi connectivity index (χ1) is 9.29. The molecule has 1 amide bonds. The van der Waals surface area contributed by atoms with E-state index in [1.807, 2.05) is 11.0 Å². The molecule has 0 aromatic carbocycles. The number of piperidine rings is 1. The molecular weight excluding hydrogens is 238 g/mol. The monoisotopic (exact) mass is 265 g/mol. The van der Waals surface area contributed by atoms with Crippen LogP contribution in [0.25, 0.3) is 0 Å². The number of hydrogen-bond acceptors (Lipinski definition) is 3. The van der Waals surface area contributed by atoms with E-state index in [-0.39, 0.29) is 0 Å². The van der Waals surface area contributed by atoms with E-state index < -0.39 is 0 Å². The number of carbonyl (C=O) groups is 1. The third-order valence-corrected chi connectivity index (χ3v) is 4.28. The number of nitrogens with zero attached hydrogens (tertiary/aromatic N) is 2. The van der Waals surface area contributed by atoms with Gasteiger partial charge in [0.1, 0.15) is 0 Å². The molecule has 0 aromatic heterocycles. The van der Waals surface area contributed by atoms with Crippen LogP contribution in [0.5, 0.6) is 0 Å². The van der Waals surface area contributed by atoms with Gasteiger partial charge >= 0.3 is 0 Å². The van der Waals surface area contributed by atoms with Gasteiger partial charge in [-0.1, -0.05) is 6.08 Å². The molecule has 2 saturated heterocycles. The molecule has 0 aliphatic carbocycles. The highest BCUT2D eigenvalue weighted by Gasteiger charge is 2.21. The van der Waals surface area contributed by atoms with Crippen molar-refractivity contribution in [3.8, 4) is 0 Å². The van der Waals surface area contributed by atoms with Crippen molar-refractivity contribution in [2.75, 3.05) is 45.8 Å². The van der Waals surface area contributed by atoms with E-state index in [9.17, 15) is 4.79 Å². The Morgan fingerprint density at radius 3 is 2.74 bits per heavy atom. The third-order valence-electron chi connectivity index (χ3n) is 4.28. The lowest BCUT2D eigenvalue weighted by Gasteiger charge is -2.34. The summed E-state index contributed by atoms with van der Waals surface area (Å²) in [5.74, 6) is 1.06. The van der Waals surface area contributed by atoms with Crippen molar-refractivity contribution in [1.29, 1.82) is 0 Å². The quantitative estimate of drug-likeness (QED) is 0.756. The van der Waals surface area contributed by atoms with Crippen molar-refractivity contribution in [1.82, 2.24) is 15.1 Å². The predicted octanol–water partition coefficient (Wildman–Crippen LogP) is 1.10. The summed E-state index contributed by atoms with van der Waals surface area (Å²) in [5.41, 5.74) is 0. The van der Waals surface area contributed by atoms with Crippen LogP contribution in [0.1, 0.15) is 25.7 Å². The second-order valence-corrected chi connectivity index (χ2v) is 5.72. The Kier molecular flexibility index (Phi) is 5.86. The molecule has 2 aliphatic heterocycles. The zero-order chi connectivity index (χ0) is 13.5. The van der Waals surface area contributed by atoms with E-state index >= 15 is 0 Å². The summed E-state index contributed by atoms with van der Waals surface area (Å²) in [6, 6.07) is 0. The number of rotatable bonds is 5. The molecular formula is C15H27N3O. The second kappa shape index (κ2) is 7.65. The molecule has 0 spiro atoms. The van der Waals surface area contributed by atoms with E-state index in [0.717, 1.165) is 58.7 Å². The molecule has 0 aromatic rings. The number of hydrogen-bond donors (Lipinski definition) is 1. The lowest BCUT2D eigenvalue weighted by molar-refractivity contribution is -0.133. The molecule has 19 heavy (non-hydrogen) atoms. The fraction of sp³-hybridized carbons (Fsp3) is 0.800. The molecule has 1 unspecified atom stereocenters. The highest BCUT2D eigenvalue weighted by molar-refractivity contribution is 5.76. The minimum atomic E-state index is 0.351. The van der Waals surface area contributed by atoms with Crippen LogP contribution < -0.4 is 5.32 Å². The van der Waals surface area contributed by atoms with Crippen LogP contribution >= 0.6 is 0 Å². The average Bonchev–Trinajstić information content (AvgIpc) is 2.47. The summed E-state index contributed by atoms with van der Waals surface area (Å²) in [5, 5.41) is 3.42. The number of nitrogens with one attached hydrogen (secondary N) is 1. The van der Waals surface area contributed by atoms with Gasteiger partial charge in [0.05, 0.1) is 0 Å². The van der Waals surface area contributed by atoms with E-state index in [2.05, 4.69) is 16.8 Å². The summed E-state index contributed by atoms with van der Waals surface area (Å²) in [6.07, 6.45) is 6.27. The Morgan fingerprint density at radius 2 is 2.11 bits per heavy atom. The highest BCUT2D eigenvalue weighted by Crippen LogP contribution is 2.17. The first kappa shape index (κ1) is 14.5. The molecule has 0 saturated carbocycles. The molecule has 4 nitrogen and oxygen atoms in total. The summed E-state index contributed by atoms with van der Waals surface area (Å²) >= 11 is 0. The molecule has 4 heteroatoms. The summed E-state index contributed by atoms with van der Waals surface area (Å²) in [7, 11) is 0. The van der Waals surface area contributed by atoms with Crippen molar-refractivity contribution in [2.45, 2.75) is 25.7 Å². The zero-order valence-corrected chi connectivity index (χ0v) is 11.9. The van der Waals surface area contributed by atoms with E-state index in [0.29, 0.717) is 11.8 Å². The topological polar surface area (TPSA) is 35.6 Å². The largest absolute Gasteiger partial charge is 0.340 e. The minimum absolute atomic E-state index is 0.351. The van der Waals surface area contributed by atoms with Crippen LogP contribution in [0, 0.1) is 5.92 Å². The van der Waals surface area contributed by atoms with E-state index in [1.165, 1.54) is 12.8 Å². The molecule has 108 valence electrons. The lowest BCUT2D eigenvalue weighted by atomic mass is 9.94.